The number of halogens is 9. The van der Waals surface area contributed by atoms with E-state index < -0.39 is 70.1 Å². The first kappa shape index (κ1) is 27.7. The predicted octanol–water partition coefficient (Wildman–Crippen LogP) is 5.03. The normalized spacial score (nSPS) is 18.0. The number of alkyl halides is 9. The molecule has 1 aliphatic rings. The second-order valence-corrected chi connectivity index (χ2v) is 8.25. The van der Waals surface area contributed by atoms with Crippen molar-refractivity contribution in [3.05, 3.63) is 115 Å². The van der Waals surface area contributed by atoms with E-state index in [4.69, 9.17) is 0 Å². The molecular weight excluding hydrogens is 549 g/mol. The molecule has 1 aromatic heterocycles. The van der Waals surface area contributed by atoms with Crippen molar-refractivity contribution in [3.63, 3.8) is 0 Å². The minimum Gasteiger partial charge on any atom is -0.247 e. The molecular formula is C24H14F9N3O3. The third kappa shape index (κ3) is 4.95. The number of hydrogen-bond acceptors (Lipinski definition) is 3. The maximum absolute atomic E-state index is 13.8. The quantitative estimate of drug-likeness (QED) is 0.420. The SMILES string of the molecule is O=c1n(-c2ccccc2C(F)(F)F)c(=O)n(C2C=CC=CC2C(F)(F)F)c(=O)n1-c1ccccc1C(F)(F)F. The minimum absolute atomic E-state index is 0.181. The zero-order valence-corrected chi connectivity index (χ0v) is 19.1. The molecule has 0 spiro atoms. The van der Waals surface area contributed by atoms with Crippen LogP contribution < -0.4 is 17.1 Å². The fourth-order valence-corrected chi connectivity index (χ4v) is 4.19. The molecule has 0 radical (unpaired) electrons. The molecule has 2 unspecified atom stereocenters. The zero-order chi connectivity index (χ0) is 28.9. The first-order valence-corrected chi connectivity index (χ1v) is 10.8. The molecule has 0 amide bonds. The lowest BCUT2D eigenvalue weighted by atomic mass is 9.94. The van der Waals surface area contributed by atoms with Crippen LogP contribution in [0, 0.1) is 5.92 Å². The van der Waals surface area contributed by atoms with Crippen LogP contribution in [0.2, 0.25) is 0 Å². The average Bonchev–Trinajstić information content (AvgIpc) is 2.83. The molecule has 0 saturated carbocycles. The second kappa shape index (κ2) is 9.47. The van der Waals surface area contributed by atoms with Gasteiger partial charge in [-0.3, -0.25) is 0 Å². The minimum atomic E-state index is -5.21. The zero-order valence-electron chi connectivity index (χ0n) is 19.1. The monoisotopic (exact) mass is 563 g/mol. The van der Waals surface area contributed by atoms with Crippen molar-refractivity contribution in [1.29, 1.82) is 0 Å². The van der Waals surface area contributed by atoms with Crippen LogP contribution in [-0.4, -0.2) is 19.9 Å². The molecule has 2 atom stereocenters. The van der Waals surface area contributed by atoms with Gasteiger partial charge in [-0.1, -0.05) is 48.6 Å². The Morgan fingerprint density at radius 1 is 0.564 bits per heavy atom. The Hall–Kier alpha value is -4.30. The van der Waals surface area contributed by atoms with Crippen molar-refractivity contribution in [2.75, 3.05) is 0 Å². The maximum atomic E-state index is 13.8. The Balaban J connectivity index is 2.22. The Bertz CT molecular complexity index is 1560. The highest BCUT2D eigenvalue weighted by Gasteiger charge is 2.46. The third-order valence-electron chi connectivity index (χ3n) is 5.86. The van der Waals surface area contributed by atoms with Gasteiger partial charge in [-0.15, -0.1) is 0 Å². The summed E-state index contributed by atoms with van der Waals surface area (Å²) in [5, 5.41) is 0. The summed E-state index contributed by atoms with van der Waals surface area (Å²) in [4.78, 5) is 40.3. The van der Waals surface area contributed by atoms with E-state index in [9.17, 15) is 53.9 Å². The molecule has 39 heavy (non-hydrogen) atoms. The van der Waals surface area contributed by atoms with E-state index in [0.29, 0.717) is 30.3 Å². The van der Waals surface area contributed by atoms with E-state index in [1.165, 1.54) is 0 Å². The van der Waals surface area contributed by atoms with Crippen molar-refractivity contribution < 1.29 is 39.5 Å². The Morgan fingerprint density at radius 3 is 1.38 bits per heavy atom. The number of nitrogens with zero attached hydrogens (tertiary/aromatic N) is 3. The van der Waals surface area contributed by atoms with Crippen LogP contribution in [-0.2, 0) is 12.4 Å². The summed E-state index contributed by atoms with van der Waals surface area (Å²) >= 11 is 0. The molecule has 15 heteroatoms. The van der Waals surface area contributed by atoms with Crippen molar-refractivity contribution in [3.8, 4) is 11.4 Å². The first-order valence-electron chi connectivity index (χ1n) is 10.8. The number of benzene rings is 2. The maximum Gasteiger partial charge on any atom is 0.418 e. The topological polar surface area (TPSA) is 66.0 Å². The second-order valence-electron chi connectivity index (χ2n) is 8.25. The standard InChI is InChI=1S/C24H14F9N3O3/c25-22(26,27)13-7-1-4-10-16(13)34-19(37)35(17-11-5-2-8-14(17)23(28,29)30)21(39)36(20(34)38)18-12-6-3-9-15(18)24(31,32)33/h1-13,16H. The van der Waals surface area contributed by atoms with E-state index in [2.05, 4.69) is 0 Å². The summed E-state index contributed by atoms with van der Waals surface area (Å²) in [6.07, 6.45) is -12.3. The lowest BCUT2D eigenvalue weighted by molar-refractivity contribution is -0.169. The highest BCUT2D eigenvalue weighted by Crippen LogP contribution is 2.38. The van der Waals surface area contributed by atoms with Gasteiger partial charge in [-0.05, 0) is 24.3 Å². The summed E-state index contributed by atoms with van der Waals surface area (Å²) in [7, 11) is 0. The lowest BCUT2D eigenvalue weighted by Gasteiger charge is -2.28. The fraction of sp³-hybridized carbons (Fsp3) is 0.208. The van der Waals surface area contributed by atoms with Crippen LogP contribution in [0.3, 0.4) is 0 Å². The Labute approximate surface area is 211 Å². The summed E-state index contributed by atoms with van der Waals surface area (Å²) in [6.45, 7) is 0. The van der Waals surface area contributed by atoms with Crippen LogP contribution in [0.1, 0.15) is 17.2 Å². The van der Waals surface area contributed by atoms with Crippen molar-refractivity contribution in [2.45, 2.75) is 24.6 Å². The number of allylic oxidation sites excluding steroid dienone is 4. The molecule has 0 bridgehead atoms. The highest BCUT2D eigenvalue weighted by molar-refractivity contribution is 5.45. The molecule has 0 aliphatic heterocycles. The molecule has 1 aliphatic carbocycles. The summed E-state index contributed by atoms with van der Waals surface area (Å²) in [5.74, 6) is -2.58. The predicted molar refractivity (Wildman–Crippen MR) is 119 cm³/mol. The van der Waals surface area contributed by atoms with E-state index in [1.807, 2.05) is 0 Å². The molecule has 0 fully saturated rings. The van der Waals surface area contributed by atoms with Crippen LogP contribution in [0.5, 0.6) is 0 Å². The Morgan fingerprint density at radius 2 is 0.974 bits per heavy atom. The molecule has 3 aromatic rings. The summed E-state index contributed by atoms with van der Waals surface area (Å²) in [6, 6.07) is 3.60. The van der Waals surface area contributed by atoms with Gasteiger partial charge in [0.15, 0.2) is 0 Å². The molecule has 4 rings (SSSR count). The van der Waals surface area contributed by atoms with Gasteiger partial charge in [0.25, 0.3) is 0 Å². The largest absolute Gasteiger partial charge is 0.418 e. The van der Waals surface area contributed by atoms with Gasteiger partial charge in [0.2, 0.25) is 0 Å². The molecule has 206 valence electrons. The smallest absolute Gasteiger partial charge is 0.247 e. The van der Waals surface area contributed by atoms with Gasteiger partial charge in [-0.2, -0.15) is 39.5 Å². The van der Waals surface area contributed by atoms with E-state index in [1.54, 1.807) is 0 Å². The third-order valence-corrected chi connectivity index (χ3v) is 5.86. The van der Waals surface area contributed by atoms with Crippen LogP contribution in [0.25, 0.3) is 11.4 Å². The number of aromatic nitrogens is 3. The lowest BCUT2D eigenvalue weighted by Crippen LogP contribution is -2.56. The number of para-hydroxylation sites is 2. The molecule has 6 nitrogen and oxygen atoms in total. The molecule has 2 aromatic carbocycles. The average molecular weight is 563 g/mol. The number of hydrogen-bond donors (Lipinski definition) is 0. The van der Waals surface area contributed by atoms with Crippen LogP contribution in [0.4, 0.5) is 39.5 Å². The van der Waals surface area contributed by atoms with Gasteiger partial charge in [-0.25, -0.2) is 28.1 Å². The van der Waals surface area contributed by atoms with Crippen molar-refractivity contribution in [2.24, 2.45) is 5.92 Å². The molecule has 1 heterocycles. The van der Waals surface area contributed by atoms with Crippen molar-refractivity contribution >= 4 is 0 Å². The van der Waals surface area contributed by atoms with E-state index in [-0.39, 0.29) is 13.7 Å². The van der Waals surface area contributed by atoms with E-state index >= 15 is 0 Å². The van der Waals surface area contributed by atoms with Crippen LogP contribution in [0.15, 0.2) is 87.2 Å². The van der Waals surface area contributed by atoms with Gasteiger partial charge in [0, 0.05) is 0 Å². The van der Waals surface area contributed by atoms with E-state index in [0.717, 1.165) is 42.5 Å². The molecule has 0 saturated heterocycles. The molecule has 0 N–H and O–H groups in total. The summed E-state index contributed by atoms with van der Waals surface area (Å²) in [5.41, 5.74) is -11.4. The number of rotatable bonds is 3. The van der Waals surface area contributed by atoms with Crippen LogP contribution >= 0.6 is 0 Å². The fourth-order valence-electron chi connectivity index (χ4n) is 4.19. The van der Waals surface area contributed by atoms with Crippen molar-refractivity contribution in [1.82, 2.24) is 13.7 Å². The highest BCUT2D eigenvalue weighted by atomic mass is 19.4. The van der Waals surface area contributed by atoms with Gasteiger partial charge < -0.3 is 0 Å². The summed E-state index contributed by atoms with van der Waals surface area (Å²) < 4.78 is 123. The van der Waals surface area contributed by atoms with Gasteiger partial charge in [0.1, 0.15) is 0 Å². The van der Waals surface area contributed by atoms with Gasteiger partial charge >= 0.3 is 35.6 Å². The first-order chi connectivity index (χ1) is 18.0. The Kier molecular flexibility index (Phi) is 6.73. The van der Waals surface area contributed by atoms with Gasteiger partial charge in [0.05, 0.1) is 34.5 Å².